The third-order valence-electron chi connectivity index (χ3n) is 2.80. The summed E-state index contributed by atoms with van der Waals surface area (Å²) in [7, 11) is 2.05. The van der Waals surface area contributed by atoms with Crippen molar-refractivity contribution in [1.82, 2.24) is 14.5 Å². The van der Waals surface area contributed by atoms with Crippen molar-refractivity contribution in [1.29, 1.82) is 0 Å². The average molecular weight is 208 g/mol. The molecule has 0 radical (unpaired) electrons. The second-order valence-corrected chi connectivity index (χ2v) is 3.93. The topological polar surface area (TPSA) is 64.2 Å². The molecule has 0 saturated carbocycles. The van der Waals surface area contributed by atoms with Crippen LogP contribution in [-0.4, -0.2) is 34.0 Å². The summed E-state index contributed by atoms with van der Waals surface area (Å²) < 4.78 is 1.96. The van der Waals surface area contributed by atoms with Crippen LogP contribution in [0, 0.1) is 0 Å². The molecular weight excluding hydrogens is 192 g/mol. The van der Waals surface area contributed by atoms with Crippen LogP contribution in [0.2, 0.25) is 0 Å². The molecule has 0 saturated heterocycles. The Morgan fingerprint density at radius 1 is 1.53 bits per heavy atom. The quantitative estimate of drug-likeness (QED) is 0.743. The maximum absolute atomic E-state index is 11.3. The number of amides is 1. The molecule has 0 spiro atoms. The van der Waals surface area contributed by atoms with Crippen molar-refractivity contribution in [2.24, 2.45) is 5.73 Å². The van der Waals surface area contributed by atoms with Crippen molar-refractivity contribution in [2.45, 2.75) is 26.4 Å². The Hall–Kier alpha value is -1.36. The Kier molecular flexibility index (Phi) is 2.48. The maximum Gasteiger partial charge on any atom is 0.267 e. The molecule has 2 N–H and O–H groups in total. The van der Waals surface area contributed by atoms with Gasteiger partial charge in [-0.3, -0.25) is 9.69 Å². The number of carbonyl (C=O) groups is 1. The number of fused-ring (bicyclic) bond motifs is 1. The molecule has 0 unspecified atom stereocenters. The molecule has 0 atom stereocenters. The number of likely N-dealkylation sites (N-methyl/N-ethyl adjacent to an activating group) is 1. The lowest BCUT2D eigenvalue weighted by Crippen LogP contribution is -2.32. The molecule has 0 fully saturated rings. The van der Waals surface area contributed by atoms with Crippen LogP contribution in [0.15, 0.2) is 0 Å². The number of nitrogens with two attached hydrogens (primary N) is 1. The Morgan fingerprint density at radius 3 is 2.87 bits per heavy atom. The molecule has 2 heterocycles. The monoisotopic (exact) mass is 208 g/mol. The Labute approximate surface area is 88.9 Å². The highest BCUT2D eigenvalue weighted by molar-refractivity contribution is 5.92. The molecule has 5 nitrogen and oxygen atoms in total. The minimum Gasteiger partial charge on any atom is -0.364 e. The minimum absolute atomic E-state index is 0.366. The van der Waals surface area contributed by atoms with Crippen LogP contribution in [0.4, 0.5) is 0 Å². The van der Waals surface area contributed by atoms with E-state index in [1.807, 2.05) is 18.5 Å². The van der Waals surface area contributed by atoms with Crippen LogP contribution in [0.3, 0.4) is 0 Å². The first-order valence-electron chi connectivity index (χ1n) is 5.20. The molecular formula is C10H16N4O. The third-order valence-corrected chi connectivity index (χ3v) is 2.80. The highest BCUT2D eigenvalue weighted by Gasteiger charge is 2.23. The molecule has 15 heavy (non-hydrogen) atoms. The normalized spacial score (nSPS) is 16.4. The third kappa shape index (κ3) is 1.63. The lowest BCUT2D eigenvalue weighted by molar-refractivity contribution is 0.0987. The fraction of sp³-hybridized carbons (Fsp3) is 0.600. The number of carbonyl (C=O) groups excluding carboxylic acids is 1. The van der Waals surface area contributed by atoms with Crippen LogP contribution >= 0.6 is 0 Å². The van der Waals surface area contributed by atoms with Gasteiger partial charge < -0.3 is 10.3 Å². The second kappa shape index (κ2) is 3.66. The molecule has 0 aliphatic carbocycles. The summed E-state index contributed by atoms with van der Waals surface area (Å²) >= 11 is 0. The van der Waals surface area contributed by atoms with Gasteiger partial charge in [0.05, 0.1) is 12.2 Å². The molecule has 1 aliphatic heterocycles. The predicted octanol–water partition coefficient (Wildman–Crippen LogP) is -0.0102. The van der Waals surface area contributed by atoms with Gasteiger partial charge >= 0.3 is 0 Å². The van der Waals surface area contributed by atoms with E-state index in [9.17, 15) is 4.79 Å². The molecule has 1 aromatic rings. The van der Waals surface area contributed by atoms with Crippen molar-refractivity contribution in [3.63, 3.8) is 0 Å². The van der Waals surface area contributed by atoms with Crippen LogP contribution in [-0.2, 0) is 19.5 Å². The molecule has 0 aromatic carbocycles. The van der Waals surface area contributed by atoms with Crippen LogP contribution in [0.5, 0.6) is 0 Å². The van der Waals surface area contributed by atoms with E-state index in [4.69, 9.17) is 5.73 Å². The van der Waals surface area contributed by atoms with Crippen molar-refractivity contribution in [2.75, 3.05) is 13.6 Å². The predicted molar refractivity (Wildman–Crippen MR) is 56.5 cm³/mol. The van der Waals surface area contributed by atoms with Gasteiger partial charge in [0.15, 0.2) is 0 Å². The number of imidazole rings is 1. The molecule has 1 amide bonds. The first-order valence-corrected chi connectivity index (χ1v) is 5.20. The summed E-state index contributed by atoms with van der Waals surface area (Å²) in [5.41, 5.74) is 6.80. The summed E-state index contributed by atoms with van der Waals surface area (Å²) in [4.78, 5) is 18.0. The molecule has 0 bridgehead atoms. The number of aryl methyl sites for hydroxylation is 1. The highest BCUT2D eigenvalue weighted by atomic mass is 16.1. The Bertz CT molecular complexity index is 396. The standard InChI is InChI=1S/C10H16N4O/c1-3-7-9(10(11)15)14-5-4-13(2)6-8(14)12-7/h3-6H2,1-2H3,(H2,11,15). The zero-order valence-electron chi connectivity index (χ0n) is 9.16. The van der Waals surface area contributed by atoms with Gasteiger partial charge in [0.2, 0.25) is 0 Å². The molecule has 1 aromatic heterocycles. The van der Waals surface area contributed by atoms with E-state index in [1.54, 1.807) is 0 Å². The fourth-order valence-corrected chi connectivity index (χ4v) is 2.03. The summed E-state index contributed by atoms with van der Waals surface area (Å²) in [5, 5.41) is 0. The SMILES string of the molecule is CCc1nc2n(c1C(N)=O)CCN(C)C2. The average Bonchev–Trinajstić information content (AvgIpc) is 2.54. The van der Waals surface area contributed by atoms with Crippen molar-refractivity contribution in [3.05, 3.63) is 17.2 Å². The Balaban J connectivity index is 2.49. The van der Waals surface area contributed by atoms with E-state index in [1.165, 1.54) is 0 Å². The van der Waals surface area contributed by atoms with Crippen molar-refractivity contribution < 1.29 is 4.79 Å². The van der Waals surface area contributed by atoms with E-state index in [0.717, 1.165) is 37.6 Å². The second-order valence-electron chi connectivity index (χ2n) is 3.93. The van der Waals surface area contributed by atoms with E-state index in [0.29, 0.717) is 5.69 Å². The van der Waals surface area contributed by atoms with Gasteiger partial charge in [0.25, 0.3) is 5.91 Å². The summed E-state index contributed by atoms with van der Waals surface area (Å²) in [6.07, 6.45) is 0.752. The number of aromatic nitrogens is 2. The molecule has 2 rings (SSSR count). The molecule has 5 heteroatoms. The smallest absolute Gasteiger partial charge is 0.267 e. The van der Waals surface area contributed by atoms with Gasteiger partial charge in [-0.2, -0.15) is 0 Å². The van der Waals surface area contributed by atoms with E-state index >= 15 is 0 Å². The number of primary amides is 1. The van der Waals surface area contributed by atoms with Crippen LogP contribution in [0.25, 0.3) is 0 Å². The zero-order valence-corrected chi connectivity index (χ0v) is 9.16. The first-order chi connectivity index (χ1) is 7.13. The van der Waals surface area contributed by atoms with Gasteiger partial charge in [-0.05, 0) is 13.5 Å². The summed E-state index contributed by atoms with van der Waals surface area (Å²) in [6, 6.07) is 0. The van der Waals surface area contributed by atoms with Gasteiger partial charge in [0, 0.05) is 13.1 Å². The number of hydrogen-bond donors (Lipinski definition) is 1. The van der Waals surface area contributed by atoms with E-state index in [2.05, 4.69) is 9.88 Å². The summed E-state index contributed by atoms with van der Waals surface area (Å²) in [6.45, 7) is 4.52. The first kappa shape index (κ1) is 10.2. The summed E-state index contributed by atoms with van der Waals surface area (Å²) in [5.74, 6) is 0.588. The number of hydrogen-bond acceptors (Lipinski definition) is 3. The van der Waals surface area contributed by atoms with Crippen molar-refractivity contribution >= 4 is 5.91 Å². The fourth-order valence-electron chi connectivity index (χ4n) is 2.03. The van der Waals surface area contributed by atoms with Gasteiger partial charge in [0.1, 0.15) is 11.5 Å². The lowest BCUT2D eigenvalue weighted by Gasteiger charge is -2.24. The van der Waals surface area contributed by atoms with Gasteiger partial charge in [-0.1, -0.05) is 6.92 Å². The van der Waals surface area contributed by atoms with Crippen molar-refractivity contribution in [3.8, 4) is 0 Å². The largest absolute Gasteiger partial charge is 0.364 e. The molecule has 1 aliphatic rings. The Morgan fingerprint density at radius 2 is 2.27 bits per heavy atom. The molecule has 82 valence electrons. The number of rotatable bonds is 2. The van der Waals surface area contributed by atoms with E-state index < -0.39 is 0 Å². The van der Waals surface area contributed by atoms with E-state index in [-0.39, 0.29) is 5.91 Å². The highest BCUT2D eigenvalue weighted by Crippen LogP contribution is 2.17. The van der Waals surface area contributed by atoms with Gasteiger partial charge in [-0.25, -0.2) is 4.98 Å². The maximum atomic E-state index is 11.3. The lowest BCUT2D eigenvalue weighted by atomic mass is 10.2. The van der Waals surface area contributed by atoms with Crippen LogP contribution < -0.4 is 5.73 Å². The zero-order chi connectivity index (χ0) is 11.0. The van der Waals surface area contributed by atoms with Gasteiger partial charge in [-0.15, -0.1) is 0 Å². The number of nitrogens with zero attached hydrogens (tertiary/aromatic N) is 3. The minimum atomic E-state index is -0.366. The van der Waals surface area contributed by atoms with Crippen LogP contribution in [0.1, 0.15) is 28.9 Å².